The Morgan fingerprint density at radius 1 is 1.22 bits per heavy atom. The Kier molecular flexibility index (Phi) is 3.23. The molecule has 4 saturated carbocycles. The fourth-order valence-electron chi connectivity index (χ4n) is 7.02. The first-order valence-corrected chi connectivity index (χ1v) is 9.35. The van der Waals surface area contributed by atoms with Crippen LogP contribution >= 0.6 is 0 Å². The normalized spacial score (nSPS) is 52.5. The lowest BCUT2D eigenvalue weighted by atomic mass is 9.43. The van der Waals surface area contributed by atoms with Crippen molar-refractivity contribution in [1.29, 1.82) is 5.41 Å². The van der Waals surface area contributed by atoms with Gasteiger partial charge in [0.2, 0.25) is 0 Å². The molecule has 0 aliphatic heterocycles. The largest absolute Gasteiger partial charge is 0.385 e. The summed E-state index contributed by atoms with van der Waals surface area (Å²) in [4.78, 5) is 12.5. The van der Waals surface area contributed by atoms with E-state index in [-0.39, 0.29) is 11.2 Å². The molecule has 0 bridgehead atoms. The van der Waals surface area contributed by atoms with Gasteiger partial charge >= 0.3 is 0 Å². The van der Waals surface area contributed by atoms with E-state index in [1.807, 2.05) is 0 Å². The van der Waals surface area contributed by atoms with Gasteiger partial charge in [-0.1, -0.05) is 26.3 Å². The third-order valence-electron chi connectivity index (χ3n) is 8.34. The average Bonchev–Trinajstić information content (AvgIpc) is 2.87. The van der Waals surface area contributed by atoms with Crippen LogP contribution < -0.4 is 0 Å². The maximum atomic E-state index is 12.5. The van der Waals surface area contributed by atoms with E-state index in [1.165, 1.54) is 12.6 Å². The van der Waals surface area contributed by atoms with E-state index in [1.54, 1.807) is 0 Å². The van der Waals surface area contributed by atoms with Crippen molar-refractivity contribution in [3.63, 3.8) is 0 Å². The fraction of sp³-hybridized carbons (Fsp3) is 0.800. The minimum atomic E-state index is -0.709. The van der Waals surface area contributed by atoms with E-state index in [0.29, 0.717) is 24.2 Å². The van der Waals surface area contributed by atoms with Crippen molar-refractivity contribution in [2.45, 2.75) is 70.3 Å². The lowest BCUT2D eigenvalue weighted by Crippen LogP contribution is -2.62. The maximum absolute atomic E-state index is 12.5. The van der Waals surface area contributed by atoms with Gasteiger partial charge in [0.1, 0.15) is 5.78 Å². The summed E-state index contributed by atoms with van der Waals surface area (Å²) < 4.78 is 0. The molecule has 4 aliphatic rings. The highest BCUT2D eigenvalue weighted by Gasteiger charge is 2.65. The van der Waals surface area contributed by atoms with Crippen molar-refractivity contribution in [2.24, 2.45) is 28.6 Å². The molecule has 0 spiro atoms. The van der Waals surface area contributed by atoms with Gasteiger partial charge in [-0.3, -0.25) is 4.79 Å². The predicted molar refractivity (Wildman–Crippen MR) is 90.4 cm³/mol. The summed E-state index contributed by atoms with van der Waals surface area (Å²) in [5.74, 6) is 1.48. The first kappa shape index (κ1) is 15.6. The first-order valence-electron chi connectivity index (χ1n) is 9.35. The highest BCUT2D eigenvalue weighted by molar-refractivity contribution is 6.01. The van der Waals surface area contributed by atoms with Crippen LogP contribution in [0.4, 0.5) is 0 Å². The number of carbonyl (C=O) groups is 1. The van der Waals surface area contributed by atoms with Crippen LogP contribution in [0.5, 0.6) is 0 Å². The van der Waals surface area contributed by atoms with Crippen LogP contribution in [0.3, 0.4) is 0 Å². The first-order chi connectivity index (χ1) is 10.9. The molecule has 2 N–H and O–H groups in total. The van der Waals surface area contributed by atoms with Gasteiger partial charge < -0.3 is 10.5 Å². The number of rotatable bonds is 1. The van der Waals surface area contributed by atoms with Crippen molar-refractivity contribution in [1.82, 2.24) is 0 Å². The summed E-state index contributed by atoms with van der Waals surface area (Å²) >= 11 is 0. The Hall–Kier alpha value is -0.960. The standard InChI is InChI=1S/C20H29NO2/c1-13-11-14-15(18(2)8-3-4-9-20(13,18)23)7-10-19(12-21)16(14)5-6-17(19)22/h12,14-16,21,23H,1,3-11H2,2H3/t14-,15+,16+,18-,19-,20+/m1/s1. The van der Waals surface area contributed by atoms with Gasteiger partial charge in [0.05, 0.1) is 11.0 Å². The van der Waals surface area contributed by atoms with Gasteiger partial charge in [-0.25, -0.2) is 0 Å². The molecule has 0 aromatic rings. The van der Waals surface area contributed by atoms with Crippen LogP contribution in [0.2, 0.25) is 0 Å². The van der Waals surface area contributed by atoms with E-state index in [0.717, 1.165) is 50.5 Å². The van der Waals surface area contributed by atoms with E-state index in [2.05, 4.69) is 13.5 Å². The van der Waals surface area contributed by atoms with E-state index < -0.39 is 11.0 Å². The summed E-state index contributed by atoms with van der Waals surface area (Å²) in [6, 6.07) is 0. The molecule has 0 aromatic heterocycles. The Bertz CT molecular complexity index is 584. The summed E-state index contributed by atoms with van der Waals surface area (Å²) in [7, 11) is 0. The van der Waals surface area contributed by atoms with E-state index in [9.17, 15) is 9.90 Å². The molecule has 0 saturated heterocycles. The fourth-order valence-corrected chi connectivity index (χ4v) is 7.02. The Labute approximate surface area is 139 Å². The number of nitrogens with one attached hydrogen (secondary N) is 1. The summed E-state index contributed by atoms with van der Waals surface area (Å²) in [6.07, 6.45) is 9.89. The second kappa shape index (κ2) is 4.78. The Morgan fingerprint density at radius 3 is 2.70 bits per heavy atom. The zero-order chi connectivity index (χ0) is 16.5. The van der Waals surface area contributed by atoms with Gasteiger partial charge in [0, 0.05) is 18.1 Å². The Morgan fingerprint density at radius 2 is 1.96 bits per heavy atom. The van der Waals surface area contributed by atoms with Crippen molar-refractivity contribution in [3.05, 3.63) is 12.2 Å². The monoisotopic (exact) mass is 315 g/mol. The van der Waals surface area contributed by atoms with Gasteiger partial charge in [-0.05, 0) is 61.9 Å². The van der Waals surface area contributed by atoms with Crippen molar-refractivity contribution < 1.29 is 9.90 Å². The van der Waals surface area contributed by atoms with Crippen LogP contribution in [0, 0.1) is 34.0 Å². The lowest BCUT2D eigenvalue weighted by Gasteiger charge is -2.63. The summed E-state index contributed by atoms with van der Waals surface area (Å²) in [5, 5.41) is 19.4. The highest BCUT2D eigenvalue weighted by atomic mass is 16.3. The highest BCUT2D eigenvalue weighted by Crippen LogP contribution is 2.67. The van der Waals surface area contributed by atoms with Crippen molar-refractivity contribution >= 4 is 12.0 Å². The molecular weight excluding hydrogens is 286 g/mol. The smallest absolute Gasteiger partial charge is 0.144 e. The molecule has 4 rings (SSSR count). The quantitative estimate of drug-likeness (QED) is 0.569. The molecule has 4 fully saturated rings. The molecule has 3 nitrogen and oxygen atoms in total. The molecule has 23 heavy (non-hydrogen) atoms. The van der Waals surface area contributed by atoms with Crippen molar-refractivity contribution in [2.75, 3.05) is 0 Å². The van der Waals surface area contributed by atoms with Crippen molar-refractivity contribution in [3.8, 4) is 0 Å². The minimum absolute atomic E-state index is 0.0922. The van der Waals surface area contributed by atoms with Crippen LogP contribution in [0.15, 0.2) is 12.2 Å². The molecule has 6 atom stereocenters. The second-order valence-corrected chi connectivity index (χ2v) is 8.85. The lowest BCUT2D eigenvalue weighted by molar-refractivity contribution is -0.168. The van der Waals surface area contributed by atoms with Crippen LogP contribution in [0.25, 0.3) is 0 Å². The van der Waals surface area contributed by atoms with Crippen LogP contribution in [-0.4, -0.2) is 22.7 Å². The predicted octanol–water partition coefficient (Wildman–Crippen LogP) is 3.90. The molecule has 0 aromatic carbocycles. The van der Waals surface area contributed by atoms with Gasteiger partial charge in [-0.15, -0.1) is 0 Å². The van der Waals surface area contributed by atoms with Crippen LogP contribution in [0.1, 0.15) is 64.7 Å². The molecular formula is C20H29NO2. The number of Topliss-reactive ketones (excluding diaryl/α,β-unsaturated/α-hetero) is 1. The minimum Gasteiger partial charge on any atom is -0.385 e. The summed E-state index contributed by atoms with van der Waals surface area (Å²) in [5.41, 5.74) is -0.298. The number of hydrogen-bond donors (Lipinski definition) is 2. The number of hydrogen-bond acceptors (Lipinski definition) is 3. The number of carbonyl (C=O) groups excluding carboxylic acids is 1. The van der Waals surface area contributed by atoms with Gasteiger partial charge in [0.25, 0.3) is 0 Å². The molecule has 0 amide bonds. The molecule has 0 heterocycles. The molecule has 4 aliphatic carbocycles. The molecule has 0 radical (unpaired) electrons. The molecule has 0 unspecified atom stereocenters. The zero-order valence-corrected chi connectivity index (χ0v) is 14.2. The maximum Gasteiger partial charge on any atom is 0.144 e. The third-order valence-corrected chi connectivity index (χ3v) is 8.34. The van der Waals surface area contributed by atoms with E-state index >= 15 is 0 Å². The van der Waals surface area contributed by atoms with E-state index in [4.69, 9.17) is 5.41 Å². The Balaban J connectivity index is 1.77. The summed E-state index contributed by atoms with van der Waals surface area (Å²) in [6.45, 7) is 6.58. The zero-order valence-electron chi connectivity index (χ0n) is 14.2. The SMILES string of the molecule is C=C1C[C@H]2[C@@H]3CCC(=O)[C@@]3(C=N)CC[C@@H]2[C@@]2(C)CCCC[C@]12O. The average molecular weight is 315 g/mol. The van der Waals surface area contributed by atoms with Gasteiger partial charge in [-0.2, -0.15) is 0 Å². The molecule has 3 heteroatoms. The number of aliphatic hydroxyl groups is 1. The number of ketones is 1. The number of fused-ring (bicyclic) bond motifs is 5. The molecule has 126 valence electrons. The van der Waals surface area contributed by atoms with Gasteiger partial charge in [0.15, 0.2) is 0 Å². The van der Waals surface area contributed by atoms with Crippen LogP contribution in [-0.2, 0) is 4.79 Å². The topological polar surface area (TPSA) is 61.2 Å². The third kappa shape index (κ3) is 1.70. The second-order valence-electron chi connectivity index (χ2n) is 8.85.